The Hall–Kier alpha value is -2.32. The van der Waals surface area contributed by atoms with Crippen molar-refractivity contribution in [3.63, 3.8) is 0 Å². The second-order valence-corrected chi connectivity index (χ2v) is 6.15. The van der Waals surface area contributed by atoms with E-state index < -0.39 is 6.03 Å². The van der Waals surface area contributed by atoms with Crippen molar-refractivity contribution in [2.45, 2.75) is 6.92 Å². The molecule has 3 aromatic rings. The van der Waals surface area contributed by atoms with E-state index in [0.717, 1.165) is 32.8 Å². The highest BCUT2D eigenvalue weighted by molar-refractivity contribution is 9.10. The molecular weight excluding hydrogens is 378 g/mol. The van der Waals surface area contributed by atoms with Crippen molar-refractivity contribution < 1.29 is 4.79 Å². The molecular formula is C15H12BrN5OS. The van der Waals surface area contributed by atoms with Gasteiger partial charge in [-0.2, -0.15) is 13.8 Å². The van der Waals surface area contributed by atoms with E-state index in [0.29, 0.717) is 11.2 Å². The lowest BCUT2D eigenvalue weighted by Gasteiger charge is -2.04. The monoisotopic (exact) mass is 389 g/mol. The second-order valence-electron chi connectivity index (χ2n) is 4.77. The third-order valence-electron chi connectivity index (χ3n) is 3.11. The van der Waals surface area contributed by atoms with E-state index in [4.69, 9.17) is 0 Å². The lowest BCUT2D eigenvalue weighted by Crippen LogP contribution is -2.24. The van der Waals surface area contributed by atoms with Crippen molar-refractivity contribution in [1.82, 2.24) is 14.2 Å². The highest BCUT2D eigenvalue weighted by Crippen LogP contribution is 2.20. The van der Waals surface area contributed by atoms with Gasteiger partial charge in [0, 0.05) is 4.47 Å². The van der Waals surface area contributed by atoms with Crippen LogP contribution in [0.3, 0.4) is 0 Å². The molecule has 1 aromatic heterocycles. The molecule has 1 heterocycles. The number of carbonyl (C=O) groups is 1. The van der Waals surface area contributed by atoms with Gasteiger partial charge in [0.15, 0.2) is 0 Å². The second kappa shape index (κ2) is 6.84. The van der Waals surface area contributed by atoms with Crippen LogP contribution in [-0.4, -0.2) is 21.0 Å². The van der Waals surface area contributed by atoms with Crippen molar-refractivity contribution in [2.24, 2.45) is 5.10 Å². The Morgan fingerprint density at radius 1 is 1.30 bits per heavy atom. The zero-order chi connectivity index (χ0) is 16.2. The molecule has 0 aliphatic carbocycles. The van der Waals surface area contributed by atoms with Gasteiger partial charge in [-0.05, 0) is 36.2 Å². The summed E-state index contributed by atoms with van der Waals surface area (Å²) >= 11 is 4.56. The van der Waals surface area contributed by atoms with Crippen molar-refractivity contribution >= 4 is 56.6 Å². The SMILES string of the molecule is Cc1ccc(/C=N/NC(=O)Nc2cccc3nsnc23)cc1Br. The van der Waals surface area contributed by atoms with Gasteiger partial charge in [-0.3, -0.25) is 0 Å². The summed E-state index contributed by atoms with van der Waals surface area (Å²) in [4.78, 5) is 11.9. The molecule has 116 valence electrons. The zero-order valence-corrected chi connectivity index (χ0v) is 14.5. The smallest absolute Gasteiger partial charge is 0.304 e. The molecule has 0 radical (unpaired) electrons. The molecule has 0 aliphatic heterocycles. The number of rotatable bonds is 3. The number of hydrazone groups is 1. The highest BCUT2D eigenvalue weighted by atomic mass is 79.9. The first kappa shape index (κ1) is 15.6. The molecule has 0 bridgehead atoms. The van der Waals surface area contributed by atoms with Crippen LogP contribution in [0.4, 0.5) is 10.5 Å². The van der Waals surface area contributed by atoms with Gasteiger partial charge in [-0.1, -0.05) is 34.1 Å². The van der Waals surface area contributed by atoms with Crippen LogP contribution in [0.5, 0.6) is 0 Å². The van der Waals surface area contributed by atoms with E-state index in [9.17, 15) is 4.79 Å². The van der Waals surface area contributed by atoms with Gasteiger partial charge >= 0.3 is 6.03 Å². The number of fused-ring (bicyclic) bond motifs is 1. The number of halogens is 1. The topological polar surface area (TPSA) is 79.3 Å². The summed E-state index contributed by atoms with van der Waals surface area (Å²) in [6.45, 7) is 2.00. The quantitative estimate of drug-likeness (QED) is 0.526. The Balaban J connectivity index is 1.64. The summed E-state index contributed by atoms with van der Waals surface area (Å²) in [5.41, 5.74) is 6.47. The van der Waals surface area contributed by atoms with Gasteiger partial charge in [0.25, 0.3) is 0 Å². The maximum atomic E-state index is 11.9. The molecule has 0 unspecified atom stereocenters. The number of anilines is 1. The van der Waals surface area contributed by atoms with Gasteiger partial charge < -0.3 is 5.32 Å². The number of nitrogens with zero attached hydrogens (tertiary/aromatic N) is 3. The Morgan fingerprint density at radius 2 is 2.17 bits per heavy atom. The first-order valence-electron chi connectivity index (χ1n) is 6.71. The van der Waals surface area contributed by atoms with Crippen LogP contribution in [-0.2, 0) is 0 Å². The van der Waals surface area contributed by atoms with E-state index in [1.54, 1.807) is 12.3 Å². The fourth-order valence-corrected chi connectivity index (χ4v) is 2.86. The third kappa shape index (κ3) is 3.72. The third-order valence-corrected chi connectivity index (χ3v) is 4.51. The fourth-order valence-electron chi connectivity index (χ4n) is 1.91. The first-order valence-corrected chi connectivity index (χ1v) is 8.23. The number of aryl methyl sites for hydroxylation is 1. The molecule has 23 heavy (non-hydrogen) atoms. The number of carbonyl (C=O) groups excluding carboxylic acids is 1. The normalized spacial score (nSPS) is 11.0. The molecule has 2 aromatic carbocycles. The molecule has 2 amide bonds. The van der Waals surface area contributed by atoms with E-state index >= 15 is 0 Å². The maximum Gasteiger partial charge on any atom is 0.339 e. The van der Waals surface area contributed by atoms with Gasteiger partial charge in [-0.15, -0.1) is 0 Å². The van der Waals surface area contributed by atoms with E-state index in [-0.39, 0.29) is 0 Å². The van der Waals surface area contributed by atoms with E-state index in [1.165, 1.54) is 0 Å². The van der Waals surface area contributed by atoms with Crippen LogP contribution < -0.4 is 10.7 Å². The minimum atomic E-state index is -0.437. The Kier molecular flexibility index (Phi) is 4.63. The van der Waals surface area contributed by atoms with Gasteiger partial charge in [0.1, 0.15) is 11.0 Å². The predicted octanol–water partition coefficient (Wildman–Crippen LogP) is 3.92. The first-order chi connectivity index (χ1) is 11.1. The molecule has 6 nitrogen and oxygen atoms in total. The minimum absolute atomic E-state index is 0.437. The summed E-state index contributed by atoms with van der Waals surface area (Å²) < 4.78 is 9.28. The van der Waals surface area contributed by atoms with Crippen LogP contribution in [0.15, 0.2) is 46.0 Å². The average Bonchev–Trinajstić information content (AvgIpc) is 3.00. The summed E-state index contributed by atoms with van der Waals surface area (Å²) in [7, 11) is 0. The molecule has 0 atom stereocenters. The molecule has 0 aliphatic rings. The molecule has 0 fully saturated rings. The van der Waals surface area contributed by atoms with Crippen LogP contribution in [0, 0.1) is 6.92 Å². The Morgan fingerprint density at radius 3 is 3.00 bits per heavy atom. The largest absolute Gasteiger partial charge is 0.339 e. The number of hydrogen-bond acceptors (Lipinski definition) is 5. The number of hydrogen-bond donors (Lipinski definition) is 2. The molecule has 2 N–H and O–H groups in total. The lowest BCUT2D eigenvalue weighted by molar-refractivity contribution is 0.252. The maximum absolute atomic E-state index is 11.9. The fraction of sp³-hybridized carbons (Fsp3) is 0.0667. The molecule has 0 saturated heterocycles. The molecule has 3 rings (SSSR count). The summed E-state index contributed by atoms with van der Waals surface area (Å²) in [6, 6.07) is 10.8. The van der Waals surface area contributed by atoms with Crippen molar-refractivity contribution in [2.75, 3.05) is 5.32 Å². The molecule has 0 spiro atoms. The number of aromatic nitrogens is 2. The van der Waals surface area contributed by atoms with Crippen LogP contribution in [0.25, 0.3) is 11.0 Å². The van der Waals surface area contributed by atoms with Crippen LogP contribution in [0.2, 0.25) is 0 Å². The summed E-state index contributed by atoms with van der Waals surface area (Å²) in [5, 5.41) is 6.64. The highest BCUT2D eigenvalue weighted by Gasteiger charge is 2.07. The number of nitrogens with one attached hydrogen (secondary N) is 2. The molecule has 8 heteroatoms. The van der Waals surface area contributed by atoms with Crippen molar-refractivity contribution in [3.05, 3.63) is 52.0 Å². The number of urea groups is 1. The van der Waals surface area contributed by atoms with E-state index in [2.05, 4.69) is 40.5 Å². The average molecular weight is 390 g/mol. The predicted molar refractivity (Wildman–Crippen MR) is 96.0 cm³/mol. The Labute approximate surface area is 145 Å². The summed E-state index contributed by atoms with van der Waals surface area (Å²) in [5.74, 6) is 0. The standard InChI is InChI=1S/C15H12BrN5OS/c1-9-5-6-10(7-11(9)16)8-17-19-15(22)18-12-3-2-4-13-14(12)21-23-20-13/h2-8H,1H3,(H2,18,19,22)/b17-8+. The van der Waals surface area contributed by atoms with Gasteiger partial charge in [0.2, 0.25) is 0 Å². The van der Waals surface area contributed by atoms with E-state index in [1.807, 2.05) is 37.3 Å². The van der Waals surface area contributed by atoms with Crippen LogP contribution >= 0.6 is 27.7 Å². The minimum Gasteiger partial charge on any atom is -0.304 e. The van der Waals surface area contributed by atoms with Crippen molar-refractivity contribution in [1.29, 1.82) is 0 Å². The number of amides is 2. The Bertz CT molecular complexity index is 892. The van der Waals surface area contributed by atoms with Crippen molar-refractivity contribution in [3.8, 4) is 0 Å². The van der Waals surface area contributed by atoms with Crippen LogP contribution in [0.1, 0.15) is 11.1 Å². The number of benzene rings is 2. The molecule has 0 saturated carbocycles. The zero-order valence-electron chi connectivity index (χ0n) is 12.1. The van der Waals surface area contributed by atoms with Gasteiger partial charge in [0.05, 0.1) is 23.6 Å². The lowest BCUT2D eigenvalue weighted by atomic mass is 10.2. The summed E-state index contributed by atoms with van der Waals surface area (Å²) in [6.07, 6.45) is 1.58. The van der Waals surface area contributed by atoms with Gasteiger partial charge in [-0.25, -0.2) is 10.2 Å².